The van der Waals surface area contributed by atoms with Crippen LogP contribution in [0.4, 0.5) is 0 Å². The zero-order chi connectivity index (χ0) is 14.9. The van der Waals surface area contributed by atoms with E-state index in [1.54, 1.807) is 25.1 Å². The van der Waals surface area contributed by atoms with Crippen molar-refractivity contribution in [1.29, 1.82) is 0 Å². The van der Waals surface area contributed by atoms with Crippen LogP contribution in [-0.4, -0.2) is 34.1 Å². The van der Waals surface area contributed by atoms with Crippen molar-refractivity contribution in [3.05, 3.63) is 30.3 Å². The highest BCUT2D eigenvalue weighted by Gasteiger charge is 2.13. The topological polar surface area (TPSA) is 113 Å². The standard InChI is InChI=1S/C6H7NO2S.C5H8O4/c7-10(8,9)6-4-2-1-3-5-6;1-3-9-5(7)4(6)8-2/h1-5H,(H2,7,8,9);3H2,1-2H3. The minimum atomic E-state index is -3.50. The summed E-state index contributed by atoms with van der Waals surface area (Å²) in [5.74, 6) is -1.91. The molecule has 1 aromatic rings. The van der Waals surface area contributed by atoms with Crippen molar-refractivity contribution in [2.45, 2.75) is 11.8 Å². The largest absolute Gasteiger partial charge is 0.461 e. The zero-order valence-corrected chi connectivity index (χ0v) is 11.3. The summed E-state index contributed by atoms with van der Waals surface area (Å²) < 4.78 is 29.6. The van der Waals surface area contributed by atoms with Crippen molar-refractivity contribution < 1.29 is 27.5 Å². The summed E-state index contributed by atoms with van der Waals surface area (Å²) >= 11 is 0. The van der Waals surface area contributed by atoms with Crippen molar-refractivity contribution in [3.63, 3.8) is 0 Å². The first kappa shape index (κ1) is 17.1. The van der Waals surface area contributed by atoms with Gasteiger partial charge in [-0.15, -0.1) is 0 Å². The monoisotopic (exact) mass is 289 g/mol. The first-order valence-electron chi connectivity index (χ1n) is 5.15. The second kappa shape index (κ2) is 8.22. The number of hydrogen-bond acceptors (Lipinski definition) is 6. The number of nitrogens with two attached hydrogens (primary N) is 1. The summed E-state index contributed by atoms with van der Waals surface area (Å²) in [6, 6.07) is 7.89. The molecule has 0 spiro atoms. The fourth-order valence-corrected chi connectivity index (χ4v) is 1.42. The van der Waals surface area contributed by atoms with Gasteiger partial charge in [0.1, 0.15) is 0 Å². The van der Waals surface area contributed by atoms with Crippen LogP contribution < -0.4 is 5.14 Å². The first-order valence-corrected chi connectivity index (χ1v) is 6.70. The van der Waals surface area contributed by atoms with Gasteiger partial charge in [0.05, 0.1) is 18.6 Å². The van der Waals surface area contributed by atoms with Crippen LogP contribution in [0, 0.1) is 0 Å². The fourth-order valence-electron chi connectivity index (χ4n) is 0.884. The van der Waals surface area contributed by atoms with Crippen LogP contribution in [0.15, 0.2) is 35.2 Å². The van der Waals surface area contributed by atoms with Crippen molar-refractivity contribution in [1.82, 2.24) is 0 Å². The number of primary sulfonamides is 1. The maximum atomic E-state index is 10.6. The average Bonchev–Trinajstić information content (AvgIpc) is 2.39. The predicted octanol–water partition coefficient (Wildman–Crippen LogP) is 0.0565. The molecule has 7 nitrogen and oxygen atoms in total. The molecule has 0 aliphatic carbocycles. The molecule has 0 aliphatic heterocycles. The molecule has 0 bridgehead atoms. The van der Waals surface area contributed by atoms with E-state index in [4.69, 9.17) is 5.14 Å². The molecular formula is C11H15NO6S. The second-order valence-electron chi connectivity index (χ2n) is 3.07. The number of methoxy groups -OCH3 is 1. The highest BCUT2D eigenvalue weighted by Crippen LogP contribution is 2.02. The number of benzene rings is 1. The number of carbonyl (C=O) groups excluding carboxylic acids is 2. The van der Waals surface area contributed by atoms with Crippen LogP contribution in [0.5, 0.6) is 0 Å². The number of ether oxygens (including phenoxy) is 2. The minimum absolute atomic E-state index is 0.148. The van der Waals surface area contributed by atoms with E-state index in [1.165, 1.54) is 12.1 Å². The van der Waals surface area contributed by atoms with E-state index in [9.17, 15) is 18.0 Å². The SMILES string of the molecule is CCOC(=O)C(=O)OC.NS(=O)(=O)c1ccccc1. The molecule has 0 radical (unpaired) electrons. The van der Waals surface area contributed by atoms with Gasteiger partial charge in [-0.2, -0.15) is 0 Å². The van der Waals surface area contributed by atoms with Crippen molar-refractivity contribution in [3.8, 4) is 0 Å². The third-order valence-corrected chi connectivity index (χ3v) is 2.63. The molecule has 106 valence electrons. The van der Waals surface area contributed by atoms with Gasteiger partial charge in [-0.1, -0.05) is 18.2 Å². The van der Waals surface area contributed by atoms with E-state index in [0.717, 1.165) is 7.11 Å². The lowest BCUT2D eigenvalue weighted by Crippen LogP contribution is -2.18. The van der Waals surface area contributed by atoms with Gasteiger partial charge in [0.2, 0.25) is 10.0 Å². The Labute approximate surface area is 111 Å². The third-order valence-electron chi connectivity index (χ3n) is 1.70. The molecule has 0 fully saturated rings. The Kier molecular flexibility index (Phi) is 7.39. The first-order chi connectivity index (χ1) is 8.82. The highest BCUT2D eigenvalue weighted by atomic mass is 32.2. The van der Waals surface area contributed by atoms with Gasteiger partial charge in [0.25, 0.3) is 0 Å². The predicted molar refractivity (Wildman–Crippen MR) is 66.5 cm³/mol. The summed E-state index contributed by atoms with van der Waals surface area (Å²) in [4.78, 5) is 20.6. The number of carbonyl (C=O) groups is 2. The van der Waals surface area contributed by atoms with Gasteiger partial charge in [0.15, 0.2) is 0 Å². The lowest BCUT2D eigenvalue weighted by atomic mass is 10.4. The molecule has 0 atom stereocenters. The van der Waals surface area contributed by atoms with Crippen LogP contribution in [0.2, 0.25) is 0 Å². The van der Waals surface area contributed by atoms with Crippen molar-refractivity contribution in [2.24, 2.45) is 5.14 Å². The molecule has 1 rings (SSSR count). The molecule has 8 heteroatoms. The minimum Gasteiger partial charge on any atom is -0.461 e. The maximum absolute atomic E-state index is 10.6. The summed E-state index contributed by atoms with van der Waals surface area (Å²) in [5.41, 5.74) is 0. The maximum Gasteiger partial charge on any atom is 0.417 e. The molecular weight excluding hydrogens is 274 g/mol. The molecule has 0 aromatic heterocycles. The van der Waals surface area contributed by atoms with Gasteiger partial charge in [0, 0.05) is 0 Å². The van der Waals surface area contributed by atoms with Crippen LogP contribution in [-0.2, 0) is 29.1 Å². The Morgan fingerprint density at radius 3 is 2.00 bits per heavy atom. The van der Waals surface area contributed by atoms with E-state index in [0.29, 0.717) is 0 Å². The Hall–Kier alpha value is -1.93. The molecule has 2 N–H and O–H groups in total. The van der Waals surface area contributed by atoms with Crippen LogP contribution >= 0.6 is 0 Å². The highest BCUT2D eigenvalue weighted by molar-refractivity contribution is 7.89. The molecule has 0 unspecified atom stereocenters. The summed E-state index contributed by atoms with van der Waals surface area (Å²) in [7, 11) is -2.38. The van der Waals surface area contributed by atoms with Crippen molar-refractivity contribution in [2.75, 3.05) is 13.7 Å². The van der Waals surface area contributed by atoms with Gasteiger partial charge >= 0.3 is 11.9 Å². The average molecular weight is 289 g/mol. The van der Waals surface area contributed by atoms with E-state index in [2.05, 4.69) is 9.47 Å². The van der Waals surface area contributed by atoms with Gasteiger partial charge < -0.3 is 9.47 Å². The number of sulfonamides is 1. The van der Waals surface area contributed by atoms with E-state index < -0.39 is 22.0 Å². The molecule has 0 saturated carbocycles. The molecule has 1 aromatic carbocycles. The zero-order valence-electron chi connectivity index (χ0n) is 10.5. The Balaban J connectivity index is 0.000000344. The second-order valence-corrected chi connectivity index (χ2v) is 4.63. The lowest BCUT2D eigenvalue weighted by molar-refractivity contribution is -0.165. The number of hydrogen-bond donors (Lipinski definition) is 1. The molecule has 0 saturated heterocycles. The smallest absolute Gasteiger partial charge is 0.417 e. The summed E-state index contributed by atoms with van der Waals surface area (Å²) in [6.45, 7) is 1.80. The number of rotatable bonds is 2. The van der Waals surface area contributed by atoms with E-state index in [1.807, 2.05) is 0 Å². The van der Waals surface area contributed by atoms with Gasteiger partial charge in [-0.05, 0) is 19.1 Å². The quantitative estimate of drug-likeness (QED) is 0.608. The Morgan fingerprint density at radius 1 is 1.16 bits per heavy atom. The van der Waals surface area contributed by atoms with Crippen LogP contribution in [0.1, 0.15) is 6.92 Å². The van der Waals surface area contributed by atoms with Crippen LogP contribution in [0.3, 0.4) is 0 Å². The Morgan fingerprint density at radius 2 is 1.68 bits per heavy atom. The third kappa shape index (κ3) is 7.17. The Bertz CT molecular complexity index is 511. The van der Waals surface area contributed by atoms with E-state index in [-0.39, 0.29) is 11.5 Å². The van der Waals surface area contributed by atoms with Crippen LogP contribution in [0.25, 0.3) is 0 Å². The number of esters is 2. The molecule has 0 amide bonds. The fraction of sp³-hybridized carbons (Fsp3) is 0.273. The summed E-state index contributed by atoms with van der Waals surface area (Å²) in [6.07, 6.45) is 0. The molecule has 19 heavy (non-hydrogen) atoms. The van der Waals surface area contributed by atoms with Crippen molar-refractivity contribution >= 4 is 22.0 Å². The lowest BCUT2D eigenvalue weighted by Gasteiger charge is -1.96. The van der Waals surface area contributed by atoms with Gasteiger partial charge in [-0.25, -0.2) is 23.1 Å². The molecule has 0 aliphatic rings. The summed E-state index contributed by atoms with van der Waals surface area (Å²) in [5, 5.41) is 4.83. The van der Waals surface area contributed by atoms with E-state index >= 15 is 0 Å². The molecule has 0 heterocycles. The normalized spacial score (nSPS) is 9.84. The van der Waals surface area contributed by atoms with Gasteiger partial charge in [-0.3, -0.25) is 0 Å².